The van der Waals surface area contributed by atoms with Gasteiger partial charge in [0.05, 0.1) is 17.7 Å². The summed E-state index contributed by atoms with van der Waals surface area (Å²) in [6.45, 7) is 1.78. The molecule has 2 aliphatic heterocycles. The molecule has 0 unspecified atom stereocenters. The molecule has 0 amide bonds. The average Bonchev–Trinajstić information content (AvgIpc) is 3.27. The highest BCUT2D eigenvalue weighted by atomic mass is 16.6. The SMILES string of the molecule is C[C@]1(CC(=O)c2ccoc2)[C@@H]2C[C@@H]3C[C@@H](C(=O)O3)[C@H]2[C@@H]2C[C@@]1(O)C(=O)O2. The topological polar surface area (TPSA) is 103 Å². The molecular formula is C19H20O7. The van der Waals surface area contributed by atoms with E-state index in [1.165, 1.54) is 12.5 Å². The standard InChI is InChI=1S/C19H20O7/c1-18(6-13(20)9-2-3-24-8-9)12-5-10-4-11(16(21)25-10)15(12)14-7-19(18,23)17(22)26-14/h2-3,8,10-12,14-15,23H,4-7H2,1H3/t10-,11+,12+,14-,15+,18-,19+/m0/s1. The Morgan fingerprint density at radius 1 is 1.31 bits per heavy atom. The van der Waals surface area contributed by atoms with E-state index in [1.54, 1.807) is 13.0 Å². The minimum Gasteiger partial charge on any atom is -0.472 e. The van der Waals surface area contributed by atoms with Gasteiger partial charge in [0.15, 0.2) is 11.4 Å². The van der Waals surface area contributed by atoms with Crippen molar-refractivity contribution in [1.29, 1.82) is 0 Å². The molecule has 2 saturated heterocycles. The molecule has 7 atom stereocenters. The van der Waals surface area contributed by atoms with Crippen molar-refractivity contribution in [3.63, 3.8) is 0 Å². The summed E-state index contributed by atoms with van der Waals surface area (Å²) in [6.07, 6.45) is 3.34. The quantitative estimate of drug-likeness (QED) is 0.643. The van der Waals surface area contributed by atoms with Gasteiger partial charge in [-0.25, -0.2) is 4.79 Å². The summed E-state index contributed by atoms with van der Waals surface area (Å²) in [5, 5.41) is 11.3. The maximum atomic E-state index is 12.8. The Hall–Kier alpha value is -2.15. The first-order chi connectivity index (χ1) is 12.3. The number of furan rings is 1. The summed E-state index contributed by atoms with van der Waals surface area (Å²) in [7, 11) is 0. The smallest absolute Gasteiger partial charge is 0.339 e. The number of hydrogen-bond acceptors (Lipinski definition) is 7. The monoisotopic (exact) mass is 360 g/mol. The normalized spacial score (nSPS) is 45.8. The molecule has 4 aliphatic rings. The molecule has 2 saturated carbocycles. The van der Waals surface area contributed by atoms with Gasteiger partial charge >= 0.3 is 11.9 Å². The molecule has 4 fully saturated rings. The second-order valence-corrected chi connectivity index (χ2v) is 8.36. The van der Waals surface area contributed by atoms with Crippen molar-refractivity contribution in [1.82, 2.24) is 0 Å². The van der Waals surface area contributed by atoms with Crippen LogP contribution in [0.4, 0.5) is 0 Å². The van der Waals surface area contributed by atoms with Crippen molar-refractivity contribution in [3.05, 3.63) is 24.2 Å². The summed E-state index contributed by atoms with van der Waals surface area (Å²) in [5.41, 5.74) is -2.34. The third-order valence-electron chi connectivity index (χ3n) is 7.20. The molecule has 4 bridgehead atoms. The van der Waals surface area contributed by atoms with Gasteiger partial charge in [0.1, 0.15) is 18.5 Å². The lowest BCUT2D eigenvalue weighted by Crippen LogP contribution is -2.61. The number of fused-ring (bicyclic) bond motifs is 7. The van der Waals surface area contributed by atoms with Gasteiger partial charge in [0, 0.05) is 24.2 Å². The first kappa shape index (κ1) is 16.1. The number of rotatable bonds is 3. The average molecular weight is 360 g/mol. The van der Waals surface area contributed by atoms with Crippen LogP contribution in [0.2, 0.25) is 0 Å². The molecule has 5 rings (SSSR count). The minimum atomic E-state index is -1.72. The highest BCUT2D eigenvalue weighted by molar-refractivity contribution is 5.97. The van der Waals surface area contributed by atoms with E-state index in [2.05, 4.69) is 0 Å². The second-order valence-electron chi connectivity index (χ2n) is 8.36. The van der Waals surface area contributed by atoms with Crippen LogP contribution in [-0.2, 0) is 19.1 Å². The maximum Gasteiger partial charge on any atom is 0.339 e. The molecule has 2 aliphatic carbocycles. The maximum absolute atomic E-state index is 12.8. The number of esters is 2. The van der Waals surface area contributed by atoms with E-state index < -0.39 is 23.1 Å². The lowest BCUT2D eigenvalue weighted by molar-refractivity contribution is -0.172. The van der Waals surface area contributed by atoms with Crippen LogP contribution in [0.15, 0.2) is 23.0 Å². The van der Waals surface area contributed by atoms with Crippen LogP contribution in [0.5, 0.6) is 0 Å². The van der Waals surface area contributed by atoms with Crippen LogP contribution >= 0.6 is 0 Å². The molecule has 1 aromatic rings. The van der Waals surface area contributed by atoms with Gasteiger partial charge in [0.25, 0.3) is 0 Å². The highest BCUT2D eigenvalue weighted by Crippen LogP contribution is 2.63. The van der Waals surface area contributed by atoms with E-state index in [0.29, 0.717) is 18.4 Å². The molecule has 0 spiro atoms. The molecule has 7 heteroatoms. The second kappa shape index (κ2) is 4.97. The third kappa shape index (κ3) is 1.84. The minimum absolute atomic E-state index is 0.0142. The van der Waals surface area contributed by atoms with Crippen LogP contribution in [0.3, 0.4) is 0 Å². The molecule has 0 radical (unpaired) electrons. The van der Waals surface area contributed by atoms with Gasteiger partial charge in [0.2, 0.25) is 0 Å². The van der Waals surface area contributed by atoms with Crippen LogP contribution in [0, 0.1) is 23.2 Å². The summed E-state index contributed by atoms with van der Waals surface area (Å²) >= 11 is 0. The number of Topliss-reactive ketones (excluding diaryl/α,β-unsaturated/α-hetero) is 1. The zero-order valence-corrected chi connectivity index (χ0v) is 14.3. The Bertz CT molecular complexity index is 799. The molecule has 7 nitrogen and oxygen atoms in total. The molecule has 26 heavy (non-hydrogen) atoms. The fourth-order valence-corrected chi connectivity index (χ4v) is 5.84. The van der Waals surface area contributed by atoms with Gasteiger partial charge in [-0.1, -0.05) is 6.92 Å². The van der Waals surface area contributed by atoms with E-state index in [1.807, 2.05) is 0 Å². The van der Waals surface area contributed by atoms with Gasteiger partial charge < -0.3 is 19.0 Å². The van der Waals surface area contributed by atoms with Crippen LogP contribution < -0.4 is 0 Å². The van der Waals surface area contributed by atoms with E-state index >= 15 is 0 Å². The largest absolute Gasteiger partial charge is 0.472 e. The number of carbonyl (C=O) groups excluding carboxylic acids is 3. The van der Waals surface area contributed by atoms with Gasteiger partial charge in [-0.15, -0.1) is 0 Å². The van der Waals surface area contributed by atoms with Crippen LogP contribution in [0.25, 0.3) is 0 Å². The molecule has 3 heterocycles. The Kier molecular flexibility index (Phi) is 3.07. The number of carbonyl (C=O) groups is 3. The van der Waals surface area contributed by atoms with Crippen molar-refractivity contribution in [3.8, 4) is 0 Å². The molecule has 138 valence electrons. The summed E-state index contributed by atoms with van der Waals surface area (Å²) < 4.78 is 15.9. The lowest BCUT2D eigenvalue weighted by Gasteiger charge is -2.53. The van der Waals surface area contributed by atoms with E-state index in [4.69, 9.17) is 13.9 Å². The van der Waals surface area contributed by atoms with Gasteiger partial charge in [-0.2, -0.15) is 0 Å². The number of hydrogen-bond donors (Lipinski definition) is 1. The Balaban J connectivity index is 1.58. The summed E-state index contributed by atoms with van der Waals surface area (Å²) in [4.78, 5) is 37.6. The predicted molar refractivity (Wildman–Crippen MR) is 84.8 cm³/mol. The van der Waals surface area contributed by atoms with Crippen molar-refractivity contribution >= 4 is 17.7 Å². The van der Waals surface area contributed by atoms with Crippen molar-refractivity contribution in [2.75, 3.05) is 0 Å². The molecule has 1 N–H and O–H groups in total. The molecule has 0 aromatic carbocycles. The lowest BCUT2D eigenvalue weighted by atomic mass is 9.48. The van der Waals surface area contributed by atoms with E-state index in [9.17, 15) is 19.5 Å². The molecular weight excluding hydrogens is 340 g/mol. The van der Waals surface area contributed by atoms with E-state index in [-0.39, 0.29) is 48.5 Å². The molecule has 1 aromatic heterocycles. The van der Waals surface area contributed by atoms with Crippen molar-refractivity contribution < 1.29 is 33.4 Å². The summed E-state index contributed by atoms with van der Waals surface area (Å²) in [6, 6.07) is 1.57. The first-order valence-corrected chi connectivity index (χ1v) is 9.03. The fraction of sp³-hybridized carbons (Fsp3) is 0.632. The Labute approximate surface area is 149 Å². The predicted octanol–water partition coefficient (Wildman–Crippen LogP) is 1.49. The Morgan fingerprint density at radius 2 is 2.12 bits per heavy atom. The number of ether oxygens (including phenoxy) is 2. The Morgan fingerprint density at radius 3 is 2.85 bits per heavy atom. The van der Waals surface area contributed by atoms with Crippen molar-refractivity contribution in [2.24, 2.45) is 23.2 Å². The van der Waals surface area contributed by atoms with Gasteiger partial charge in [-0.05, 0) is 24.8 Å². The zero-order valence-electron chi connectivity index (χ0n) is 14.3. The van der Waals surface area contributed by atoms with Crippen LogP contribution in [-0.4, -0.2) is 40.6 Å². The zero-order chi connectivity index (χ0) is 18.3. The fourth-order valence-electron chi connectivity index (χ4n) is 5.84. The van der Waals surface area contributed by atoms with Gasteiger partial charge in [-0.3, -0.25) is 9.59 Å². The van der Waals surface area contributed by atoms with Crippen LogP contribution in [0.1, 0.15) is 43.0 Å². The summed E-state index contributed by atoms with van der Waals surface area (Å²) in [5.74, 6) is -1.87. The first-order valence-electron chi connectivity index (χ1n) is 9.03. The van der Waals surface area contributed by atoms with E-state index in [0.717, 1.165) is 0 Å². The third-order valence-corrected chi connectivity index (χ3v) is 7.20. The number of aliphatic hydroxyl groups is 1. The highest BCUT2D eigenvalue weighted by Gasteiger charge is 2.72. The number of ketones is 1. The van der Waals surface area contributed by atoms with Crippen molar-refractivity contribution in [2.45, 2.75) is 50.4 Å².